The van der Waals surface area contributed by atoms with Gasteiger partial charge < -0.3 is 5.73 Å². The van der Waals surface area contributed by atoms with Gasteiger partial charge >= 0.3 is 0 Å². The van der Waals surface area contributed by atoms with E-state index >= 15 is 0 Å². The number of anilines is 1. The van der Waals surface area contributed by atoms with Crippen LogP contribution in [0.25, 0.3) is 17.1 Å². The molecule has 3 aromatic rings. The zero-order valence-electron chi connectivity index (χ0n) is 11.1. The van der Waals surface area contributed by atoms with Gasteiger partial charge in [0.2, 0.25) is 0 Å². The predicted molar refractivity (Wildman–Crippen MR) is 81.4 cm³/mol. The Hall–Kier alpha value is -2.28. The first-order valence-corrected chi connectivity index (χ1v) is 6.94. The molecule has 0 spiro atoms. The summed E-state index contributed by atoms with van der Waals surface area (Å²) in [6.45, 7) is 1.81. The highest BCUT2D eigenvalue weighted by molar-refractivity contribution is 9.10. The normalized spacial score (nSPS) is 10.8. The van der Waals surface area contributed by atoms with Gasteiger partial charge in [-0.3, -0.25) is 0 Å². The zero-order valence-corrected chi connectivity index (χ0v) is 12.7. The average Bonchev–Trinajstić information content (AvgIpc) is 2.85. The van der Waals surface area contributed by atoms with Crippen molar-refractivity contribution in [3.8, 4) is 17.1 Å². The van der Waals surface area contributed by atoms with Crippen LogP contribution in [0.1, 0.15) is 5.56 Å². The van der Waals surface area contributed by atoms with E-state index in [9.17, 15) is 4.39 Å². The number of tetrazole rings is 1. The second kappa shape index (κ2) is 5.25. The molecule has 0 atom stereocenters. The topological polar surface area (TPSA) is 69.6 Å². The van der Waals surface area contributed by atoms with E-state index in [-0.39, 0.29) is 5.82 Å². The van der Waals surface area contributed by atoms with Crippen molar-refractivity contribution in [3.05, 3.63) is 52.3 Å². The van der Waals surface area contributed by atoms with Crippen LogP contribution in [0.4, 0.5) is 10.1 Å². The first-order chi connectivity index (χ1) is 10.0. The molecule has 0 bridgehead atoms. The van der Waals surface area contributed by atoms with Crippen LogP contribution in [0.3, 0.4) is 0 Å². The van der Waals surface area contributed by atoms with Crippen LogP contribution in [0, 0.1) is 12.7 Å². The standard InChI is InChI=1S/C14H11BrFN5/c1-8-2-11(16)7-13(3-8)21-14(18-19-20-21)9-4-10(15)6-12(17)5-9/h2-7H,17H2,1H3. The van der Waals surface area contributed by atoms with Crippen LogP contribution in [-0.2, 0) is 0 Å². The number of nitrogens with two attached hydrogens (primary N) is 1. The number of hydrogen-bond acceptors (Lipinski definition) is 4. The molecule has 1 heterocycles. The van der Waals surface area contributed by atoms with E-state index in [4.69, 9.17) is 5.73 Å². The maximum Gasteiger partial charge on any atom is 0.187 e. The number of benzene rings is 2. The highest BCUT2D eigenvalue weighted by Crippen LogP contribution is 2.26. The Labute approximate surface area is 128 Å². The molecule has 0 fully saturated rings. The van der Waals surface area contributed by atoms with Gasteiger partial charge in [0.25, 0.3) is 0 Å². The van der Waals surface area contributed by atoms with E-state index in [1.54, 1.807) is 12.1 Å². The summed E-state index contributed by atoms with van der Waals surface area (Å²) in [6.07, 6.45) is 0. The van der Waals surface area contributed by atoms with Crippen LogP contribution in [0.2, 0.25) is 0 Å². The van der Waals surface area contributed by atoms with Gasteiger partial charge in [-0.1, -0.05) is 15.9 Å². The molecule has 0 unspecified atom stereocenters. The Morgan fingerprint density at radius 3 is 2.67 bits per heavy atom. The van der Waals surface area contributed by atoms with Crippen molar-refractivity contribution in [3.63, 3.8) is 0 Å². The van der Waals surface area contributed by atoms with Gasteiger partial charge in [0.05, 0.1) is 5.69 Å². The van der Waals surface area contributed by atoms with Crippen molar-refractivity contribution in [2.45, 2.75) is 6.92 Å². The lowest BCUT2D eigenvalue weighted by molar-refractivity contribution is 0.623. The largest absolute Gasteiger partial charge is 0.399 e. The van der Waals surface area contributed by atoms with Gasteiger partial charge in [0.15, 0.2) is 5.82 Å². The van der Waals surface area contributed by atoms with Crippen LogP contribution >= 0.6 is 15.9 Å². The summed E-state index contributed by atoms with van der Waals surface area (Å²) in [7, 11) is 0. The van der Waals surface area contributed by atoms with E-state index in [1.807, 2.05) is 19.1 Å². The molecule has 0 saturated heterocycles. The summed E-state index contributed by atoms with van der Waals surface area (Å²) < 4.78 is 15.9. The summed E-state index contributed by atoms with van der Waals surface area (Å²) in [4.78, 5) is 0. The Morgan fingerprint density at radius 1 is 1.14 bits per heavy atom. The van der Waals surface area contributed by atoms with Crippen molar-refractivity contribution < 1.29 is 4.39 Å². The van der Waals surface area contributed by atoms with E-state index in [0.29, 0.717) is 17.2 Å². The molecule has 0 amide bonds. The summed E-state index contributed by atoms with van der Waals surface area (Å²) in [5.74, 6) is 0.160. The number of hydrogen-bond donors (Lipinski definition) is 1. The van der Waals surface area contributed by atoms with Gasteiger partial charge in [-0.25, -0.2) is 4.39 Å². The molecule has 2 N–H and O–H groups in total. The molecule has 0 aliphatic rings. The molecule has 0 saturated carbocycles. The molecular weight excluding hydrogens is 337 g/mol. The van der Waals surface area contributed by atoms with Gasteiger partial charge in [0, 0.05) is 15.7 Å². The fourth-order valence-electron chi connectivity index (χ4n) is 2.12. The van der Waals surface area contributed by atoms with E-state index in [1.165, 1.54) is 16.8 Å². The summed E-state index contributed by atoms with van der Waals surface area (Å²) >= 11 is 3.38. The highest BCUT2D eigenvalue weighted by atomic mass is 79.9. The first-order valence-electron chi connectivity index (χ1n) is 6.15. The molecule has 7 heteroatoms. The minimum Gasteiger partial charge on any atom is -0.399 e. The monoisotopic (exact) mass is 347 g/mol. The molecule has 106 valence electrons. The molecule has 5 nitrogen and oxygen atoms in total. The summed E-state index contributed by atoms with van der Waals surface area (Å²) in [6, 6.07) is 10.0. The lowest BCUT2D eigenvalue weighted by atomic mass is 10.1. The second-order valence-corrected chi connectivity index (χ2v) is 5.59. The third-order valence-electron chi connectivity index (χ3n) is 2.92. The van der Waals surface area contributed by atoms with E-state index in [2.05, 4.69) is 31.5 Å². The highest BCUT2D eigenvalue weighted by Gasteiger charge is 2.13. The van der Waals surface area contributed by atoms with Crippen LogP contribution in [0.5, 0.6) is 0 Å². The quantitative estimate of drug-likeness (QED) is 0.723. The minimum atomic E-state index is -0.333. The van der Waals surface area contributed by atoms with Gasteiger partial charge in [-0.15, -0.1) is 5.10 Å². The maximum atomic E-state index is 13.6. The zero-order chi connectivity index (χ0) is 15.0. The molecular formula is C14H11BrFN5. The van der Waals surface area contributed by atoms with Crippen molar-refractivity contribution >= 4 is 21.6 Å². The van der Waals surface area contributed by atoms with Gasteiger partial charge in [-0.05, 0) is 59.3 Å². The van der Waals surface area contributed by atoms with E-state index in [0.717, 1.165) is 15.6 Å². The van der Waals surface area contributed by atoms with Crippen molar-refractivity contribution in [1.82, 2.24) is 20.2 Å². The first kappa shape index (κ1) is 13.7. The lowest BCUT2D eigenvalue weighted by Crippen LogP contribution is -2.01. The molecule has 0 aliphatic carbocycles. The fraction of sp³-hybridized carbons (Fsp3) is 0.0714. The molecule has 3 rings (SSSR count). The van der Waals surface area contributed by atoms with Crippen LogP contribution in [0.15, 0.2) is 40.9 Å². The number of aryl methyl sites for hydroxylation is 1. The molecule has 0 radical (unpaired) electrons. The second-order valence-electron chi connectivity index (χ2n) is 4.67. The van der Waals surface area contributed by atoms with Gasteiger partial charge in [0.1, 0.15) is 5.82 Å². The number of nitrogens with zero attached hydrogens (tertiary/aromatic N) is 4. The SMILES string of the molecule is Cc1cc(F)cc(-n2nnnc2-c2cc(N)cc(Br)c2)c1. The lowest BCUT2D eigenvalue weighted by Gasteiger charge is -2.07. The van der Waals surface area contributed by atoms with Crippen molar-refractivity contribution in [2.75, 3.05) is 5.73 Å². The third-order valence-corrected chi connectivity index (χ3v) is 3.38. The Morgan fingerprint density at radius 2 is 1.95 bits per heavy atom. The predicted octanol–water partition coefficient (Wildman–Crippen LogP) is 3.12. The molecule has 21 heavy (non-hydrogen) atoms. The Balaban J connectivity index is 2.16. The van der Waals surface area contributed by atoms with Crippen LogP contribution < -0.4 is 5.73 Å². The van der Waals surface area contributed by atoms with E-state index < -0.39 is 0 Å². The third kappa shape index (κ3) is 2.78. The number of aromatic nitrogens is 4. The number of nitrogen functional groups attached to an aromatic ring is 1. The summed E-state index contributed by atoms with van der Waals surface area (Å²) in [5.41, 5.74) is 8.52. The average molecular weight is 348 g/mol. The summed E-state index contributed by atoms with van der Waals surface area (Å²) in [5, 5.41) is 11.6. The fourth-order valence-corrected chi connectivity index (χ4v) is 2.63. The van der Waals surface area contributed by atoms with Gasteiger partial charge in [-0.2, -0.15) is 4.68 Å². The van der Waals surface area contributed by atoms with Crippen molar-refractivity contribution in [2.24, 2.45) is 0 Å². The number of halogens is 2. The Bertz CT molecular complexity index is 708. The smallest absolute Gasteiger partial charge is 0.187 e. The molecule has 2 aromatic carbocycles. The molecule has 1 aromatic heterocycles. The van der Waals surface area contributed by atoms with Crippen molar-refractivity contribution in [1.29, 1.82) is 0 Å². The van der Waals surface area contributed by atoms with Crippen LogP contribution in [-0.4, -0.2) is 20.2 Å². The molecule has 0 aliphatic heterocycles. The maximum absolute atomic E-state index is 13.6. The number of rotatable bonds is 2. The minimum absolute atomic E-state index is 0.333. The Kier molecular flexibility index (Phi) is 3.42.